The summed E-state index contributed by atoms with van der Waals surface area (Å²) >= 11 is 1.65. The highest BCUT2D eigenvalue weighted by Crippen LogP contribution is 2.30. The number of carbonyl (C=O) groups excluding carboxylic acids is 1. The van der Waals surface area contributed by atoms with Crippen LogP contribution in [0.5, 0.6) is 11.5 Å². The monoisotopic (exact) mass is 362 g/mol. The van der Waals surface area contributed by atoms with Crippen molar-refractivity contribution >= 4 is 17.2 Å². The lowest BCUT2D eigenvalue weighted by Crippen LogP contribution is -2.50. The number of hydrogen-bond acceptors (Lipinski definition) is 5. The lowest BCUT2D eigenvalue weighted by Gasteiger charge is -2.28. The van der Waals surface area contributed by atoms with Crippen LogP contribution in [-0.4, -0.2) is 30.0 Å². The summed E-state index contributed by atoms with van der Waals surface area (Å²) in [5.41, 5.74) is 6.03. The molecule has 0 aliphatic heterocycles. The van der Waals surface area contributed by atoms with E-state index in [0.29, 0.717) is 31.2 Å². The summed E-state index contributed by atoms with van der Waals surface area (Å²) < 4.78 is 11.3. The number of amides is 1. The number of nitrogens with two attached hydrogens (primary N) is 1. The topological polar surface area (TPSA) is 64.8 Å². The van der Waals surface area contributed by atoms with Crippen LogP contribution in [0.25, 0.3) is 0 Å². The Morgan fingerprint density at radius 1 is 1.28 bits per heavy atom. The van der Waals surface area contributed by atoms with Gasteiger partial charge in [0.15, 0.2) is 11.5 Å². The molecular weight excluding hydrogens is 336 g/mol. The number of likely N-dealkylation sites (N-methyl/N-ethyl adjacent to an activating group) is 1. The summed E-state index contributed by atoms with van der Waals surface area (Å²) in [6.45, 7) is 6.98. The van der Waals surface area contributed by atoms with Crippen molar-refractivity contribution in [2.24, 2.45) is 5.73 Å². The van der Waals surface area contributed by atoms with Gasteiger partial charge >= 0.3 is 0 Å². The van der Waals surface area contributed by atoms with Crippen LogP contribution in [0.15, 0.2) is 35.7 Å². The van der Waals surface area contributed by atoms with Gasteiger partial charge in [0.2, 0.25) is 5.91 Å². The van der Waals surface area contributed by atoms with Crippen molar-refractivity contribution in [1.82, 2.24) is 4.90 Å². The summed E-state index contributed by atoms with van der Waals surface area (Å²) in [6.07, 6.45) is 0. The van der Waals surface area contributed by atoms with Gasteiger partial charge in [0.1, 0.15) is 6.61 Å². The van der Waals surface area contributed by atoms with Gasteiger partial charge in [-0.25, -0.2) is 0 Å². The van der Waals surface area contributed by atoms with E-state index < -0.39 is 5.54 Å². The summed E-state index contributed by atoms with van der Waals surface area (Å²) in [5.74, 6) is 1.27. The van der Waals surface area contributed by atoms with E-state index in [1.165, 1.54) is 0 Å². The average molecular weight is 362 g/mol. The molecule has 2 aromatic rings. The van der Waals surface area contributed by atoms with Gasteiger partial charge in [-0.15, -0.1) is 11.3 Å². The van der Waals surface area contributed by atoms with Gasteiger partial charge in [-0.2, -0.15) is 0 Å². The largest absolute Gasteiger partial charge is 0.493 e. The number of carbonyl (C=O) groups is 1. The molecule has 0 unspecified atom stereocenters. The highest BCUT2D eigenvalue weighted by Gasteiger charge is 2.27. The number of benzene rings is 1. The van der Waals surface area contributed by atoms with Crippen LogP contribution in [-0.2, 0) is 17.9 Å². The molecule has 0 spiro atoms. The van der Waals surface area contributed by atoms with Crippen molar-refractivity contribution in [3.8, 4) is 11.5 Å². The Labute approximate surface area is 153 Å². The minimum Gasteiger partial charge on any atom is -0.493 e. The van der Waals surface area contributed by atoms with Crippen LogP contribution in [0.4, 0.5) is 0 Å². The van der Waals surface area contributed by atoms with Crippen LogP contribution in [0.2, 0.25) is 0 Å². The molecule has 136 valence electrons. The van der Waals surface area contributed by atoms with Crippen LogP contribution in [0.3, 0.4) is 0 Å². The molecule has 0 fully saturated rings. The fraction of sp³-hybridized carbons (Fsp3) is 0.421. The second-order valence-corrected chi connectivity index (χ2v) is 7.43. The van der Waals surface area contributed by atoms with Gasteiger partial charge in [0.05, 0.1) is 12.6 Å². The van der Waals surface area contributed by atoms with Crippen molar-refractivity contribution in [3.05, 3.63) is 46.2 Å². The lowest BCUT2D eigenvalue weighted by atomic mass is 10.0. The summed E-state index contributed by atoms with van der Waals surface area (Å²) in [5, 5.41) is 2.02. The van der Waals surface area contributed by atoms with Crippen molar-refractivity contribution in [1.29, 1.82) is 0 Å². The third-order valence-electron chi connectivity index (χ3n) is 3.77. The van der Waals surface area contributed by atoms with Gasteiger partial charge in [-0.3, -0.25) is 4.79 Å². The Hall–Kier alpha value is -2.05. The molecule has 0 saturated carbocycles. The fourth-order valence-corrected chi connectivity index (χ4v) is 3.04. The van der Waals surface area contributed by atoms with Crippen molar-refractivity contribution < 1.29 is 14.3 Å². The van der Waals surface area contributed by atoms with E-state index in [1.54, 1.807) is 37.2 Å². The number of hydrogen-bond donors (Lipinski definition) is 1. The van der Waals surface area contributed by atoms with Crippen LogP contribution in [0, 0.1) is 0 Å². The highest BCUT2D eigenvalue weighted by molar-refractivity contribution is 7.09. The second kappa shape index (κ2) is 8.36. The Morgan fingerprint density at radius 3 is 2.60 bits per heavy atom. The van der Waals surface area contributed by atoms with E-state index >= 15 is 0 Å². The highest BCUT2D eigenvalue weighted by atomic mass is 32.1. The Morgan fingerprint density at radius 2 is 2.04 bits per heavy atom. The van der Waals surface area contributed by atoms with Crippen LogP contribution < -0.4 is 15.2 Å². The summed E-state index contributed by atoms with van der Waals surface area (Å²) in [4.78, 5) is 15.3. The maximum Gasteiger partial charge on any atom is 0.242 e. The molecule has 0 saturated heterocycles. The van der Waals surface area contributed by atoms with E-state index in [2.05, 4.69) is 0 Å². The normalized spacial score (nSPS) is 11.2. The molecule has 0 bridgehead atoms. The third-order valence-corrected chi connectivity index (χ3v) is 4.62. The van der Waals surface area contributed by atoms with Crippen LogP contribution in [0.1, 0.15) is 31.2 Å². The van der Waals surface area contributed by atoms with E-state index in [0.717, 1.165) is 10.4 Å². The molecule has 1 amide bonds. The number of rotatable bonds is 8. The van der Waals surface area contributed by atoms with Gasteiger partial charge in [-0.1, -0.05) is 12.1 Å². The predicted octanol–water partition coefficient (Wildman–Crippen LogP) is 3.42. The van der Waals surface area contributed by atoms with Gasteiger partial charge in [-0.05, 0) is 49.9 Å². The minimum absolute atomic E-state index is 0.0769. The molecule has 1 aromatic carbocycles. The number of nitrogens with zero attached hydrogens (tertiary/aromatic N) is 1. The first-order valence-corrected chi connectivity index (χ1v) is 9.13. The summed E-state index contributed by atoms with van der Waals surface area (Å²) in [6, 6.07) is 9.77. The Kier molecular flexibility index (Phi) is 6.45. The molecule has 5 nitrogen and oxygen atoms in total. The molecule has 0 aliphatic rings. The zero-order chi connectivity index (χ0) is 18.4. The average Bonchev–Trinajstić information content (AvgIpc) is 3.10. The zero-order valence-electron chi connectivity index (χ0n) is 15.2. The standard InChI is InChI=1S/C19H26N2O3S/c1-5-21(18(22)19(2,3)20)12-14-8-9-16(17(11-14)23-4)24-13-15-7-6-10-25-15/h6-11H,5,12-13,20H2,1-4H3. The molecule has 1 heterocycles. The molecule has 0 atom stereocenters. The summed E-state index contributed by atoms with van der Waals surface area (Å²) in [7, 11) is 1.61. The predicted molar refractivity (Wildman–Crippen MR) is 101 cm³/mol. The molecule has 0 aliphatic carbocycles. The van der Waals surface area contributed by atoms with E-state index in [1.807, 2.05) is 42.6 Å². The first kappa shape index (κ1) is 19.3. The van der Waals surface area contributed by atoms with Crippen LogP contribution >= 0.6 is 11.3 Å². The van der Waals surface area contributed by atoms with Gasteiger partial charge in [0, 0.05) is 18.0 Å². The van der Waals surface area contributed by atoms with E-state index in [-0.39, 0.29) is 5.91 Å². The third kappa shape index (κ3) is 5.21. The fourth-order valence-electron chi connectivity index (χ4n) is 2.43. The molecule has 2 rings (SSSR count). The van der Waals surface area contributed by atoms with Gasteiger partial charge < -0.3 is 20.1 Å². The molecular formula is C19H26N2O3S. The second-order valence-electron chi connectivity index (χ2n) is 6.39. The minimum atomic E-state index is -0.885. The van der Waals surface area contributed by atoms with E-state index in [4.69, 9.17) is 15.2 Å². The quantitative estimate of drug-likeness (QED) is 0.781. The smallest absolute Gasteiger partial charge is 0.242 e. The maximum atomic E-state index is 12.4. The number of methoxy groups -OCH3 is 1. The zero-order valence-corrected chi connectivity index (χ0v) is 16.1. The SMILES string of the molecule is CCN(Cc1ccc(OCc2cccs2)c(OC)c1)C(=O)C(C)(C)N. The first-order chi connectivity index (χ1) is 11.8. The van der Waals surface area contributed by atoms with Crippen molar-refractivity contribution in [2.45, 2.75) is 39.5 Å². The Balaban J connectivity index is 2.10. The molecule has 2 N–H and O–H groups in total. The number of thiophene rings is 1. The molecule has 25 heavy (non-hydrogen) atoms. The maximum absolute atomic E-state index is 12.4. The van der Waals surface area contributed by atoms with Gasteiger partial charge in [0.25, 0.3) is 0 Å². The number of ether oxygens (including phenoxy) is 2. The molecule has 1 aromatic heterocycles. The Bertz CT molecular complexity index is 693. The van der Waals surface area contributed by atoms with Crippen molar-refractivity contribution in [3.63, 3.8) is 0 Å². The van der Waals surface area contributed by atoms with Crippen molar-refractivity contribution in [2.75, 3.05) is 13.7 Å². The molecule has 6 heteroatoms. The first-order valence-electron chi connectivity index (χ1n) is 8.25. The lowest BCUT2D eigenvalue weighted by molar-refractivity contribution is -0.136. The molecule has 0 radical (unpaired) electrons. The van der Waals surface area contributed by atoms with E-state index in [9.17, 15) is 4.79 Å².